The minimum Gasteiger partial charge on any atom is -0.366 e. The van der Waals surface area contributed by atoms with Crippen LogP contribution in [0.3, 0.4) is 0 Å². The predicted octanol–water partition coefficient (Wildman–Crippen LogP) is 1.25. The van der Waals surface area contributed by atoms with Crippen LogP contribution in [0.5, 0.6) is 0 Å². The molecule has 3 heterocycles. The van der Waals surface area contributed by atoms with E-state index in [0.29, 0.717) is 31.9 Å². The third kappa shape index (κ3) is 3.73. The van der Waals surface area contributed by atoms with Gasteiger partial charge in [-0.3, -0.25) is 14.6 Å². The summed E-state index contributed by atoms with van der Waals surface area (Å²) >= 11 is 0. The van der Waals surface area contributed by atoms with Gasteiger partial charge in [-0.1, -0.05) is 6.92 Å². The highest BCUT2D eigenvalue weighted by molar-refractivity contribution is 5.79. The Labute approximate surface area is 147 Å². The number of aromatic amines is 1. The van der Waals surface area contributed by atoms with E-state index in [9.17, 15) is 4.79 Å². The van der Waals surface area contributed by atoms with Crippen LogP contribution < -0.4 is 0 Å². The van der Waals surface area contributed by atoms with Gasteiger partial charge in [-0.2, -0.15) is 10.2 Å². The minimum atomic E-state index is -0.268. The number of ether oxygens (including phenoxy) is 1. The van der Waals surface area contributed by atoms with Crippen LogP contribution in [0, 0.1) is 13.8 Å². The van der Waals surface area contributed by atoms with Crippen LogP contribution >= 0.6 is 0 Å². The van der Waals surface area contributed by atoms with Gasteiger partial charge < -0.3 is 9.64 Å². The van der Waals surface area contributed by atoms with E-state index in [0.717, 1.165) is 35.6 Å². The number of nitrogens with zero attached hydrogens (tertiary/aromatic N) is 5. The lowest BCUT2D eigenvalue weighted by atomic mass is 10.1. The molecule has 8 heteroatoms. The summed E-state index contributed by atoms with van der Waals surface area (Å²) in [6.07, 6.45) is 1.97. The zero-order chi connectivity index (χ0) is 18.0. The number of aromatic nitrogens is 5. The quantitative estimate of drug-likeness (QED) is 0.880. The van der Waals surface area contributed by atoms with E-state index in [-0.39, 0.29) is 12.0 Å². The number of rotatable bonds is 5. The number of carbonyl (C=O) groups excluding carboxylic acids is 1. The van der Waals surface area contributed by atoms with Gasteiger partial charge in [0.1, 0.15) is 11.9 Å². The van der Waals surface area contributed by atoms with Crippen molar-refractivity contribution in [1.82, 2.24) is 29.9 Å². The van der Waals surface area contributed by atoms with Crippen molar-refractivity contribution in [1.29, 1.82) is 0 Å². The molecule has 8 nitrogen and oxygen atoms in total. The molecule has 0 bridgehead atoms. The number of hydrogen-bond donors (Lipinski definition) is 1. The van der Waals surface area contributed by atoms with Crippen molar-refractivity contribution in [2.75, 3.05) is 19.7 Å². The largest absolute Gasteiger partial charge is 0.366 e. The van der Waals surface area contributed by atoms with Gasteiger partial charge in [-0.05, 0) is 20.3 Å². The monoisotopic (exact) mass is 346 g/mol. The Morgan fingerprint density at radius 3 is 2.88 bits per heavy atom. The Hall–Kier alpha value is -2.22. The van der Waals surface area contributed by atoms with E-state index in [1.54, 1.807) is 0 Å². The maximum absolute atomic E-state index is 12.8. The van der Waals surface area contributed by atoms with Crippen LogP contribution in [0.2, 0.25) is 0 Å². The van der Waals surface area contributed by atoms with E-state index >= 15 is 0 Å². The molecule has 1 saturated heterocycles. The van der Waals surface area contributed by atoms with Gasteiger partial charge in [0, 0.05) is 31.3 Å². The molecule has 0 unspecified atom stereocenters. The first-order valence-electron chi connectivity index (χ1n) is 8.79. The van der Waals surface area contributed by atoms with Gasteiger partial charge in [-0.15, -0.1) is 0 Å². The molecule has 1 fully saturated rings. The minimum absolute atomic E-state index is 0.0943. The van der Waals surface area contributed by atoms with Crippen LogP contribution in [0.15, 0.2) is 0 Å². The molecule has 3 rings (SSSR count). The van der Waals surface area contributed by atoms with E-state index < -0.39 is 0 Å². The van der Waals surface area contributed by atoms with E-state index in [1.165, 1.54) is 0 Å². The van der Waals surface area contributed by atoms with Crippen molar-refractivity contribution >= 4 is 5.91 Å². The molecule has 1 atom stereocenters. The van der Waals surface area contributed by atoms with Gasteiger partial charge in [0.2, 0.25) is 5.91 Å². The standard InChI is InChI=1S/C17H26N6O2/c1-5-6-15-18-17(20-19-15)14-10-23(7-8-25-14)16(24)9-13-11(2)21-22(4)12(13)3/h14H,5-10H2,1-4H3,(H,18,19,20)/t14-/m1/s1. The summed E-state index contributed by atoms with van der Waals surface area (Å²) in [5.41, 5.74) is 2.96. The molecule has 0 radical (unpaired) electrons. The molecule has 1 N–H and O–H groups in total. The van der Waals surface area contributed by atoms with Crippen LogP contribution in [0.4, 0.5) is 0 Å². The van der Waals surface area contributed by atoms with Gasteiger partial charge in [0.05, 0.1) is 25.3 Å². The smallest absolute Gasteiger partial charge is 0.227 e. The Morgan fingerprint density at radius 2 is 2.20 bits per heavy atom. The van der Waals surface area contributed by atoms with E-state index in [2.05, 4.69) is 27.2 Å². The molecule has 1 aliphatic rings. The Kier molecular flexibility index (Phi) is 5.17. The average Bonchev–Trinajstić information content (AvgIpc) is 3.16. The molecule has 2 aromatic heterocycles. The predicted molar refractivity (Wildman–Crippen MR) is 92.0 cm³/mol. The number of aryl methyl sites for hydroxylation is 3. The molecule has 136 valence electrons. The van der Waals surface area contributed by atoms with Gasteiger partial charge in [0.15, 0.2) is 5.82 Å². The average molecular weight is 346 g/mol. The molecule has 0 saturated carbocycles. The highest BCUT2D eigenvalue weighted by Crippen LogP contribution is 2.21. The van der Waals surface area contributed by atoms with Crippen LogP contribution in [-0.2, 0) is 29.4 Å². The van der Waals surface area contributed by atoms with E-state index in [1.807, 2.05) is 30.5 Å². The first-order chi connectivity index (χ1) is 12.0. The Bertz CT molecular complexity index is 750. The molecular weight excluding hydrogens is 320 g/mol. The highest BCUT2D eigenvalue weighted by Gasteiger charge is 2.29. The summed E-state index contributed by atoms with van der Waals surface area (Å²) in [7, 11) is 1.90. The van der Waals surface area contributed by atoms with Crippen LogP contribution in [0.1, 0.15) is 48.0 Å². The highest BCUT2D eigenvalue weighted by atomic mass is 16.5. The summed E-state index contributed by atoms with van der Waals surface area (Å²) in [6, 6.07) is 0. The molecule has 1 aliphatic heterocycles. The third-order valence-corrected chi connectivity index (χ3v) is 4.73. The third-order valence-electron chi connectivity index (χ3n) is 4.73. The summed E-state index contributed by atoms with van der Waals surface area (Å²) in [5.74, 6) is 1.60. The van der Waals surface area contributed by atoms with Crippen molar-refractivity contribution < 1.29 is 9.53 Å². The molecular formula is C17H26N6O2. The normalized spacial score (nSPS) is 17.9. The fourth-order valence-electron chi connectivity index (χ4n) is 3.17. The van der Waals surface area contributed by atoms with Crippen molar-refractivity contribution in [3.05, 3.63) is 28.6 Å². The molecule has 25 heavy (non-hydrogen) atoms. The number of morpholine rings is 1. The van der Waals surface area contributed by atoms with Crippen LogP contribution in [-0.4, -0.2) is 55.5 Å². The molecule has 2 aromatic rings. The lowest BCUT2D eigenvalue weighted by molar-refractivity contribution is -0.138. The van der Waals surface area contributed by atoms with Crippen molar-refractivity contribution in [2.45, 2.75) is 46.1 Å². The number of nitrogens with one attached hydrogen (secondary N) is 1. The fraction of sp³-hybridized carbons (Fsp3) is 0.647. The first kappa shape index (κ1) is 17.6. The second kappa shape index (κ2) is 7.35. The van der Waals surface area contributed by atoms with Crippen molar-refractivity contribution in [3.8, 4) is 0 Å². The van der Waals surface area contributed by atoms with Gasteiger partial charge in [0.25, 0.3) is 0 Å². The van der Waals surface area contributed by atoms with Crippen molar-refractivity contribution in [2.24, 2.45) is 7.05 Å². The fourth-order valence-corrected chi connectivity index (χ4v) is 3.17. The lowest BCUT2D eigenvalue weighted by Crippen LogP contribution is -2.43. The first-order valence-corrected chi connectivity index (χ1v) is 8.79. The molecule has 0 aliphatic carbocycles. The summed E-state index contributed by atoms with van der Waals surface area (Å²) < 4.78 is 7.60. The van der Waals surface area contributed by atoms with Gasteiger partial charge in [-0.25, -0.2) is 4.98 Å². The number of amides is 1. The Morgan fingerprint density at radius 1 is 1.40 bits per heavy atom. The van der Waals surface area contributed by atoms with E-state index in [4.69, 9.17) is 4.74 Å². The topological polar surface area (TPSA) is 88.9 Å². The lowest BCUT2D eigenvalue weighted by Gasteiger charge is -2.31. The van der Waals surface area contributed by atoms with Gasteiger partial charge >= 0.3 is 0 Å². The zero-order valence-electron chi connectivity index (χ0n) is 15.4. The molecule has 0 aromatic carbocycles. The zero-order valence-corrected chi connectivity index (χ0v) is 15.4. The summed E-state index contributed by atoms with van der Waals surface area (Å²) in [6.45, 7) is 7.62. The molecule has 1 amide bonds. The maximum Gasteiger partial charge on any atom is 0.227 e. The number of H-pyrrole nitrogens is 1. The second-order valence-electron chi connectivity index (χ2n) is 6.54. The maximum atomic E-state index is 12.8. The number of hydrogen-bond acceptors (Lipinski definition) is 5. The summed E-state index contributed by atoms with van der Waals surface area (Å²) in [5, 5.41) is 11.6. The summed E-state index contributed by atoms with van der Waals surface area (Å²) in [4.78, 5) is 19.1. The van der Waals surface area contributed by atoms with Crippen LogP contribution in [0.25, 0.3) is 0 Å². The number of carbonyl (C=O) groups is 1. The SMILES string of the molecule is CCCc1nc([C@H]2CN(C(=O)Cc3c(C)nn(C)c3C)CCO2)n[nH]1. The molecule has 0 spiro atoms. The second-order valence-corrected chi connectivity index (χ2v) is 6.54. The van der Waals surface area contributed by atoms with Crippen molar-refractivity contribution in [3.63, 3.8) is 0 Å². The Balaban J connectivity index is 1.66.